The highest BCUT2D eigenvalue weighted by molar-refractivity contribution is 7.90. The predicted molar refractivity (Wildman–Crippen MR) is 127 cm³/mol. The summed E-state index contributed by atoms with van der Waals surface area (Å²) in [4.78, 5) is 26.1. The van der Waals surface area contributed by atoms with Gasteiger partial charge in [0.05, 0.1) is 4.90 Å². The maximum Gasteiger partial charge on any atom is 0.322 e. The van der Waals surface area contributed by atoms with E-state index in [-0.39, 0.29) is 17.3 Å². The van der Waals surface area contributed by atoms with Crippen molar-refractivity contribution in [2.45, 2.75) is 4.90 Å². The molecule has 0 saturated carbocycles. The zero-order valence-corrected chi connectivity index (χ0v) is 19.1. The molecule has 166 valence electrons. The third-order valence-corrected chi connectivity index (χ3v) is 6.00. The van der Waals surface area contributed by atoms with Crippen LogP contribution in [0, 0.1) is 0 Å². The Labute approximate surface area is 191 Å². The first kappa shape index (κ1) is 23.3. The molecule has 0 spiro atoms. The Morgan fingerprint density at radius 1 is 0.875 bits per heavy atom. The fraction of sp³-hybridized carbons (Fsp3) is 0.130. The van der Waals surface area contributed by atoms with Crippen molar-refractivity contribution in [3.05, 3.63) is 77.8 Å². The van der Waals surface area contributed by atoms with Gasteiger partial charge >= 0.3 is 6.03 Å². The first-order valence-corrected chi connectivity index (χ1v) is 11.9. The summed E-state index contributed by atoms with van der Waals surface area (Å²) in [6.45, 7) is -0.155. The zero-order valence-electron chi connectivity index (χ0n) is 17.5. The highest BCUT2D eigenvalue weighted by Gasteiger charge is 2.15. The van der Waals surface area contributed by atoms with Crippen LogP contribution in [0.15, 0.2) is 77.7 Å². The van der Waals surface area contributed by atoms with Gasteiger partial charge in [-0.3, -0.25) is 4.79 Å². The van der Waals surface area contributed by atoms with Crippen molar-refractivity contribution >= 4 is 44.8 Å². The van der Waals surface area contributed by atoms with Gasteiger partial charge in [0, 0.05) is 35.3 Å². The molecule has 0 aliphatic rings. The summed E-state index contributed by atoms with van der Waals surface area (Å²) < 4.78 is 24.1. The van der Waals surface area contributed by atoms with E-state index in [0.29, 0.717) is 27.5 Å². The number of anilines is 2. The molecule has 2 N–H and O–H groups in total. The van der Waals surface area contributed by atoms with Crippen molar-refractivity contribution in [1.29, 1.82) is 0 Å². The summed E-state index contributed by atoms with van der Waals surface area (Å²) in [6.07, 6.45) is 1.17. The molecule has 0 saturated heterocycles. The van der Waals surface area contributed by atoms with Crippen LogP contribution >= 0.6 is 11.6 Å². The van der Waals surface area contributed by atoms with Gasteiger partial charge in [-0.25, -0.2) is 13.2 Å². The van der Waals surface area contributed by atoms with Gasteiger partial charge in [0.1, 0.15) is 6.54 Å². The lowest BCUT2D eigenvalue weighted by molar-refractivity contribution is -0.116. The van der Waals surface area contributed by atoms with Crippen LogP contribution in [-0.4, -0.2) is 45.1 Å². The number of carbonyl (C=O) groups excluding carboxylic acids is 2. The molecule has 0 atom stereocenters. The molecular formula is C23H22ClN3O4S. The van der Waals surface area contributed by atoms with E-state index >= 15 is 0 Å². The van der Waals surface area contributed by atoms with E-state index in [4.69, 9.17) is 11.6 Å². The van der Waals surface area contributed by atoms with Crippen molar-refractivity contribution < 1.29 is 18.0 Å². The number of rotatable bonds is 6. The molecule has 0 bridgehead atoms. The molecule has 3 aromatic rings. The fourth-order valence-corrected chi connectivity index (χ4v) is 4.04. The second kappa shape index (κ2) is 9.84. The second-order valence-corrected chi connectivity index (χ2v) is 9.61. The molecule has 3 rings (SSSR count). The van der Waals surface area contributed by atoms with E-state index in [1.165, 1.54) is 18.2 Å². The lowest BCUT2D eigenvalue weighted by Gasteiger charge is -2.18. The van der Waals surface area contributed by atoms with Crippen LogP contribution in [0.25, 0.3) is 11.1 Å². The molecule has 9 heteroatoms. The molecule has 0 heterocycles. The van der Waals surface area contributed by atoms with E-state index in [0.717, 1.165) is 0 Å². The molecule has 3 aromatic carbocycles. The highest BCUT2D eigenvalue weighted by Crippen LogP contribution is 2.28. The van der Waals surface area contributed by atoms with E-state index in [9.17, 15) is 18.0 Å². The van der Waals surface area contributed by atoms with Crippen LogP contribution in [0.1, 0.15) is 0 Å². The summed E-state index contributed by atoms with van der Waals surface area (Å²) in [5.74, 6) is -0.372. The molecule has 0 aliphatic carbocycles. The first-order chi connectivity index (χ1) is 15.1. The number of likely N-dealkylation sites (N-methyl/N-ethyl adjacent to an activating group) is 1. The molecule has 0 unspecified atom stereocenters. The number of benzene rings is 3. The summed E-state index contributed by atoms with van der Waals surface area (Å²) in [6, 6.07) is 19.8. The van der Waals surface area contributed by atoms with Gasteiger partial charge in [-0.05, 0) is 48.0 Å². The van der Waals surface area contributed by atoms with E-state index in [1.807, 2.05) is 0 Å². The smallest absolute Gasteiger partial charge is 0.322 e. The molecule has 0 radical (unpaired) electrons. The maximum atomic E-state index is 12.3. The van der Waals surface area contributed by atoms with Gasteiger partial charge in [0.25, 0.3) is 0 Å². The van der Waals surface area contributed by atoms with Crippen molar-refractivity contribution in [3.8, 4) is 11.1 Å². The standard InChI is InChI=1S/C23H22ClN3O4S/c1-27(23(29)26-19-13-9-17(24)10-14-19)15-22(28)25-18-11-7-16(8-12-18)20-5-3-4-6-21(20)32(2,30)31/h3-14H,15H2,1-2H3,(H,25,28)(H,26,29). The van der Waals surface area contributed by atoms with E-state index in [1.54, 1.807) is 72.8 Å². The topological polar surface area (TPSA) is 95.6 Å². The van der Waals surface area contributed by atoms with Gasteiger partial charge < -0.3 is 15.5 Å². The summed E-state index contributed by atoms with van der Waals surface area (Å²) in [7, 11) is -1.87. The minimum absolute atomic E-state index is 0.155. The predicted octanol–water partition coefficient (Wildman–Crippen LogP) is 4.51. The summed E-state index contributed by atoms with van der Waals surface area (Å²) >= 11 is 5.83. The lowest BCUT2D eigenvalue weighted by Crippen LogP contribution is -2.37. The number of carbonyl (C=O) groups is 2. The second-order valence-electron chi connectivity index (χ2n) is 7.19. The van der Waals surface area contributed by atoms with Gasteiger partial charge in [0.15, 0.2) is 9.84 Å². The average Bonchev–Trinajstić information content (AvgIpc) is 2.75. The Bertz CT molecular complexity index is 1230. The largest absolute Gasteiger partial charge is 0.325 e. The normalized spacial score (nSPS) is 11.0. The summed E-state index contributed by atoms with van der Waals surface area (Å²) in [5.41, 5.74) is 2.40. The first-order valence-electron chi connectivity index (χ1n) is 9.60. The molecule has 3 amide bonds. The van der Waals surface area contributed by atoms with Crippen molar-refractivity contribution in [3.63, 3.8) is 0 Å². The van der Waals surface area contributed by atoms with E-state index < -0.39 is 15.9 Å². The number of halogens is 1. The number of urea groups is 1. The molecule has 7 nitrogen and oxygen atoms in total. The zero-order chi connectivity index (χ0) is 23.3. The number of nitrogens with one attached hydrogen (secondary N) is 2. The number of sulfone groups is 1. The van der Waals surface area contributed by atoms with Gasteiger partial charge in [0.2, 0.25) is 5.91 Å². The highest BCUT2D eigenvalue weighted by atomic mass is 35.5. The van der Waals surface area contributed by atoms with Gasteiger partial charge in [-0.2, -0.15) is 0 Å². The third-order valence-electron chi connectivity index (χ3n) is 4.59. The minimum Gasteiger partial charge on any atom is -0.325 e. The minimum atomic E-state index is -3.38. The van der Waals surface area contributed by atoms with Gasteiger partial charge in [-0.1, -0.05) is 41.9 Å². The Hall–Kier alpha value is -3.36. The third kappa shape index (κ3) is 6.09. The Balaban J connectivity index is 1.61. The van der Waals surface area contributed by atoms with Gasteiger partial charge in [-0.15, -0.1) is 0 Å². The molecular weight excluding hydrogens is 450 g/mol. The fourth-order valence-electron chi connectivity index (χ4n) is 3.00. The maximum absolute atomic E-state index is 12.3. The molecule has 32 heavy (non-hydrogen) atoms. The van der Waals surface area contributed by atoms with E-state index in [2.05, 4.69) is 10.6 Å². The Kier molecular flexibility index (Phi) is 7.17. The van der Waals surface area contributed by atoms with Crippen LogP contribution < -0.4 is 10.6 Å². The Morgan fingerprint density at radius 2 is 1.44 bits per heavy atom. The van der Waals surface area contributed by atoms with Crippen molar-refractivity contribution in [1.82, 2.24) is 4.90 Å². The number of amides is 3. The molecule has 0 aromatic heterocycles. The average molecular weight is 472 g/mol. The lowest BCUT2D eigenvalue weighted by atomic mass is 10.1. The molecule has 0 aliphatic heterocycles. The van der Waals surface area contributed by atoms with Crippen LogP contribution in [-0.2, 0) is 14.6 Å². The monoisotopic (exact) mass is 471 g/mol. The van der Waals surface area contributed by atoms with Crippen molar-refractivity contribution in [2.24, 2.45) is 0 Å². The number of hydrogen-bond acceptors (Lipinski definition) is 4. The quantitative estimate of drug-likeness (QED) is 0.552. The van der Waals surface area contributed by atoms with Crippen LogP contribution in [0.3, 0.4) is 0 Å². The van der Waals surface area contributed by atoms with Crippen LogP contribution in [0.2, 0.25) is 5.02 Å². The molecule has 0 fully saturated rings. The summed E-state index contributed by atoms with van der Waals surface area (Å²) in [5, 5.41) is 5.96. The van der Waals surface area contributed by atoms with Crippen LogP contribution in [0.4, 0.5) is 16.2 Å². The van der Waals surface area contributed by atoms with Crippen molar-refractivity contribution in [2.75, 3.05) is 30.5 Å². The number of hydrogen-bond donors (Lipinski definition) is 2. The Morgan fingerprint density at radius 3 is 2.06 bits per heavy atom. The van der Waals surface area contributed by atoms with Crippen LogP contribution in [0.5, 0.6) is 0 Å². The SMILES string of the molecule is CN(CC(=O)Nc1ccc(-c2ccccc2S(C)(=O)=O)cc1)C(=O)Nc1ccc(Cl)cc1. The number of nitrogens with zero attached hydrogens (tertiary/aromatic N) is 1.